The molecule has 0 bridgehead atoms. The van der Waals surface area contributed by atoms with Crippen molar-refractivity contribution in [2.24, 2.45) is 5.10 Å². The lowest BCUT2D eigenvalue weighted by Gasteiger charge is -2.17. The summed E-state index contributed by atoms with van der Waals surface area (Å²) in [6.07, 6.45) is 2.44. The molecule has 0 aliphatic rings. The van der Waals surface area contributed by atoms with Crippen LogP contribution in [0.15, 0.2) is 41.5 Å². The Bertz CT molecular complexity index is 794. The Morgan fingerprint density at radius 3 is 2.62 bits per heavy atom. The fourth-order valence-electron chi connectivity index (χ4n) is 2.05. The maximum Gasteiger partial charge on any atom is 0.269 e. The van der Waals surface area contributed by atoms with Gasteiger partial charge in [-0.25, -0.2) is 0 Å². The molecule has 0 spiro atoms. The number of rotatable bonds is 8. The number of methoxy groups -OCH3 is 1. The lowest BCUT2D eigenvalue weighted by atomic mass is 10.2. The molecule has 1 N–H and O–H groups in total. The van der Waals surface area contributed by atoms with Gasteiger partial charge in [0.15, 0.2) is 11.5 Å². The molecule has 0 unspecified atom stereocenters. The van der Waals surface area contributed by atoms with E-state index in [1.807, 2.05) is 13.8 Å². The van der Waals surface area contributed by atoms with Crippen LogP contribution in [-0.4, -0.2) is 24.4 Å². The summed E-state index contributed by atoms with van der Waals surface area (Å²) in [5.74, 6) is 1.03. The van der Waals surface area contributed by atoms with Crippen molar-refractivity contribution in [3.8, 4) is 11.5 Å². The number of nitro groups is 1. The fraction of sp³-hybridized carbons (Fsp3) is 0.278. The van der Waals surface area contributed by atoms with Crippen LogP contribution in [0.4, 0.5) is 11.4 Å². The summed E-state index contributed by atoms with van der Waals surface area (Å²) in [5.41, 5.74) is 4.17. The van der Waals surface area contributed by atoms with E-state index in [1.54, 1.807) is 37.6 Å². The first kappa shape index (κ1) is 19.5. The minimum atomic E-state index is -0.454. The van der Waals surface area contributed by atoms with Crippen LogP contribution in [-0.2, 0) is 0 Å². The van der Waals surface area contributed by atoms with Crippen LogP contribution in [0.5, 0.6) is 11.5 Å². The second-order valence-corrected chi connectivity index (χ2v) is 5.95. The lowest BCUT2D eigenvalue weighted by Crippen LogP contribution is -2.11. The Hall–Kier alpha value is -2.80. The van der Waals surface area contributed by atoms with Gasteiger partial charge in [0.25, 0.3) is 5.69 Å². The molecule has 0 saturated carbocycles. The standard InChI is InChI=1S/C18H20ClN3O4/c1-4-12(2)26-18-16(19)9-13(10-17(18)25-3)11-20-21-14-5-7-15(8-6-14)22(23)24/h5-12,21H,4H2,1-3H3/b20-11+/t12-/m1/s1. The largest absolute Gasteiger partial charge is 0.493 e. The zero-order valence-corrected chi connectivity index (χ0v) is 15.5. The van der Waals surface area contributed by atoms with E-state index in [9.17, 15) is 10.1 Å². The van der Waals surface area contributed by atoms with E-state index in [0.29, 0.717) is 22.2 Å². The van der Waals surface area contributed by atoms with Crippen LogP contribution in [0.3, 0.4) is 0 Å². The zero-order valence-electron chi connectivity index (χ0n) is 14.7. The molecular weight excluding hydrogens is 358 g/mol. The number of benzene rings is 2. The molecular formula is C18H20ClN3O4. The van der Waals surface area contributed by atoms with E-state index in [0.717, 1.165) is 12.0 Å². The zero-order chi connectivity index (χ0) is 19.1. The summed E-state index contributed by atoms with van der Waals surface area (Å²) in [6, 6.07) is 9.45. The number of ether oxygens (including phenoxy) is 2. The van der Waals surface area contributed by atoms with Crippen LogP contribution in [0.25, 0.3) is 0 Å². The van der Waals surface area contributed by atoms with Crippen LogP contribution in [0.1, 0.15) is 25.8 Å². The normalized spacial score (nSPS) is 12.0. The molecule has 0 aliphatic carbocycles. The first-order valence-electron chi connectivity index (χ1n) is 8.02. The van der Waals surface area contributed by atoms with Crippen molar-refractivity contribution >= 4 is 29.2 Å². The lowest BCUT2D eigenvalue weighted by molar-refractivity contribution is -0.384. The molecule has 1 atom stereocenters. The molecule has 0 aromatic heterocycles. The summed E-state index contributed by atoms with van der Waals surface area (Å²) in [4.78, 5) is 10.2. The van der Waals surface area contributed by atoms with E-state index in [1.165, 1.54) is 12.1 Å². The van der Waals surface area contributed by atoms with Crippen molar-refractivity contribution in [1.29, 1.82) is 0 Å². The highest BCUT2D eigenvalue weighted by Crippen LogP contribution is 2.37. The van der Waals surface area contributed by atoms with Gasteiger partial charge in [-0.2, -0.15) is 5.10 Å². The number of anilines is 1. The number of hydrogen-bond acceptors (Lipinski definition) is 6. The van der Waals surface area contributed by atoms with Crippen molar-refractivity contribution in [1.82, 2.24) is 0 Å². The molecule has 0 heterocycles. The number of non-ortho nitro benzene ring substituents is 1. The number of hydrogen-bond donors (Lipinski definition) is 1. The summed E-state index contributed by atoms with van der Waals surface area (Å²) in [6.45, 7) is 3.98. The van der Waals surface area contributed by atoms with Gasteiger partial charge >= 0.3 is 0 Å². The minimum Gasteiger partial charge on any atom is -0.493 e. The number of nitro benzene ring substituents is 1. The maximum atomic E-state index is 10.6. The molecule has 2 rings (SSSR count). The first-order chi connectivity index (χ1) is 12.4. The first-order valence-corrected chi connectivity index (χ1v) is 8.40. The summed E-state index contributed by atoms with van der Waals surface area (Å²) >= 11 is 6.31. The van der Waals surface area contributed by atoms with Gasteiger partial charge in [0.05, 0.1) is 35.1 Å². The SMILES string of the molecule is CC[C@@H](C)Oc1c(Cl)cc(/C=N/Nc2ccc([N+](=O)[O-])cc2)cc1OC. The van der Waals surface area contributed by atoms with Gasteiger partial charge in [0.2, 0.25) is 0 Å². The van der Waals surface area contributed by atoms with E-state index in [4.69, 9.17) is 21.1 Å². The number of nitrogens with one attached hydrogen (secondary N) is 1. The van der Waals surface area contributed by atoms with Crippen molar-refractivity contribution in [2.75, 3.05) is 12.5 Å². The van der Waals surface area contributed by atoms with Crippen molar-refractivity contribution < 1.29 is 14.4 Å². The van der Waals surface area contributed by atoms with Crippen LogP contribution in [0, 0.1) is 10.1 Å². The summed E-state index contributed by atoms with van der Waals surface area (Å²) < 4.78 is 11.2. The smallest absolute Gasteiger partial charge is 0.269 e. The Balaban J connectivity index is 2.12. The molecule has 0 amide bonds. The van der Waals surface area contributed by atoms with Gasteiger partial charge in [-0.15, -0.1) is 0 Å². The van der Waals surface area contributed by atoms with E-state index < -0.39 is 4.92 Å². The maximum absolute atomic E-state index is 10.6. The molecule has 2 aromatic carbocycles. The third-order valence-corrected chi connectivity index (χ3v) is 3.91. The highest BCUT2D eigenvalue weighted by atomic mass is 35.5. The molecule has 138 valence electrons. The van der Waals surface area contributed by atoms with Crippen molar-refractivity contribution in [3.63, 3.8) is 0 Å². The Labute approximate surface area is 156 Å². The highest BCUT2D eigenvalue weighted by Gasteiger charge is 2.14. The van der Waals surface area contributed by atoms with Gasteiger partial charge in [-0.05, 0) is 43.2 Å². The van der Waals surface area contributed by atoms with Crippen LogP contribution < -0.4 is 14.9 Å². The fourth-order valence-corrected chi connectivity index (χ4v) is 2.32. The van der Waals surface area contributed by atoms with E-state index in [-0.39, 0.29) is 11.8 Å². The van der Waals surface area contributed by atoms with Crippen molar-refractivity contribution in [3.05, 3.63) is 57.1 Å². The molecule has 7 nitrogen and oxygen atoms in total. The molecule has 0 radical (unpaired) electrons. The number of halogens is 1. The predicted octanol–water partition coefficient (Wildman–Crippen LogP) is 4.88. The average molecular weight is 378 g/mol. The minimum absolute atomic E-state index is 0.0183. The third kappa shape index (κ3) is 5.10. The summed E-state index contributed by atoms with van der Waals surface area (Å²) in [5, 5.41) is 15.2. The Morgan fingerprint density at radius 1 is 1.35 bits per heavy atom. The average Bonchev–Trinajstić information content (AvgIpc) is 2.63. The molecule has 26 heavy (non-hydrogen) atoms. The van der Waals surface area contributed by atoms with Gasteiger partial charge in [0.1, 0.15) is 0 Å². The van der Waals surface area contributed by atoms with E-state index >= 15 is 0 Å². The van der Waals surface area contributed by atoms with Gasteiger partial charge < -0.3 is 9.47 Å². The molecule has 0 saturated heterocycles. The van der Waals surface area contributed by atoms with Crippen LogP contribution >= 0.6 is 11.6 Å². The summed E-state index contributed by atoms with van der Waals surface area (Å²) in [7, 11) is 1.55. The second-order valence-electron chi connectivity index (χ2n) is 5.54. The number of nitrogens with zero attached hydrogens (tertiary/aromatic N) is 2. The molecule has 0 aliphatic heterocycles. The Kier molecular flexibility index (Phi) is 6.80. The molecule has 0 fully saturated rings. The van der Waals surface area contributed by atoms with Gasteiger partial charge in [-0.3, -0.25) is 15.5 Å². The quantitative estimate of drug-likeness (QED) is 0.402. The monoisotopic (exact) mass is 377 g/mol. The topological polar surface area (TPSA) is 86.0 Å². The van der Waals surface area contributed by atoms with E-state index in [2.05, 4.69) is 10.5 Å². The molecule has 2 aromatic rings. The van der Waals surface area contributed by atoms with Gasteiger partial charge in [0, 0.05) is 12.1 Å². The van der Waals surface area contributed by atoms with Gasteiger partial charge in [-0.1, -0.05) is 18.5 Å². The van der Waals surface area contributed by atoms with Crippen molar-refractivity contribution in [2.45, 2.75) is 26.4 Å². The number of hydrazone groups is 1. The highest BCUT2D eigenvalue weighted by molar-refractivity contribution is 6.32. The Morgan fingerprint density at radius 2 is 2.04 bits per heavy atom. The second kappa shape index (κ2) is 9.05. The third-order valence-electron chi connectivity index (χ3n) is 3.63. The van der Waals surface area contributed by atoms with Crippen LogP contribution in [0.2, 0.25) is 5.02 Å². The predicted molar refractivity (Wildman–Crippen MR) is 103 cm³/mol. The molecule has 8 heteroatoms.